The molecule has 2 aromatic rings. The van der Waals surface area contributed by atoms with Gasteiger partial charge in [0.2, 0.25) is 0 Å². The summed E-state index contributed by atoms with van der Waals surface area (Å²) >= 11 is 5.58. The molecule has 0 aromatic heterocycles. The average molecular weight is 472 g/mol. The lowest BCUT2D eigenvalue weighted by Crippen LogP contribution is -2.23. The summed E-state index contributed by atoms with van der Waals surface area (Å²) < 4.78 is 49.3. The molecule has 0 fully saturated rings. The van der Waals surface area contributed by atoms with Crippen LogP contribution >= 0.6 is 11.6 Å². The number of hydrogen-bond donors (Lipinski definition) is 1. The Morgan fingerprint density at radius 3 is 2.34 bits per heavy atom. The van der Waals surface area contributed by atoms with Crippen molar-refractivity contribution < 1.29 is 37.0 Å². The lowest BCUT2D eigenvalue weighted by molar-refractivity contribution is -0.147. The number of esters is 1. The Balaban J connectivity index is 1.81. The van der Waals surface area contributed by atoms with Gasteiger partial charge < -0.3 is 14.8 Å². The van der Waals surface area contributed by atoms with Crippen LogP contribution < -0.4 is 10.1 Å². The van der Waals surface area contributed by atoms with E-state index in [1.165, 1.54) is 6.07 Å². The van der Waals surface area contributed by atoms with Crippen molar-refractivity contribution in [3.63, 3.8) is 0 Å². The van der Waals surface area contributed by atoms with E-state index in [-0.39, 0.29) is 23.6 Å². The number of amides is 1. The van der Waals surface area contributed by atoms with Gasteiger partial charge in [-0.15, -0.1) is 0 Å². The van der Waals surface area contributed by atoms with E-state index < -0.39 is 35.9 Å². The quantitative estimate of drug-likeness (QED) is 0.376. The third kappa shape index (κ3) is 7.88. The van der Waals surface area contributed by atoms with Gasteiger partial charge in [0.15, 0.2) is 12.4 Å². The third-order valence-corrected chi connectivity index (χ3v) is 4.37. The number of benzene rings is 2. The minimum absolute atomic E-state index is 0.144. The topological polar surface area (TPSA) is 81.7 Å². The Morgan fingerprint density at radius 2 is 1.72 bits per heavy atom. The Bertz CT molecular complexity index is 961. The predicted molar refractivity (Wildman–Crippen MR) is 112 cm³/mol. The van der Waals surface area contributed by atoms with Crippen LogP contribution in [0.4, 0.5) is 18.9 Å². The van der Waals surface area contributed by atoms with Crippen molar-refractivity contribution in [3.05, 3.63) is 58.6 Å². The minimum Gasteiger partial charge on any atom is -0.494 e. The second-order valence-corrected chi connectivity index (χ2v) is 7.13. The third-order valence-electron chi connectivity index (χ3n) is 4.13. The normalized spacial score (nSPS) is 11.0. The van der Waals surface area contributed by atoms with E-state index in [9.17, 15) is 27.6 Å². The molecule has 0 unspecified atom stereocenters. The second kappa shape index (κ2) is 11.5. The Kier molecular flexibility index (Phi) is 9.07. The largest absolute Gasteiger partial charge is 0.494 e. The van der Waals surface area contributed by atoms with Crippen molar-refractivity contribution in [3.8, 4) is 5.75 Å². The maximum absolute atomic E-state index is 13.1. The molecule has 0 bridgehead atoms. The zero-order valence-corrected chi connectivity index (χ0v) is 17.9. The van der Waals surface area contributed by atoms with Gasteiger partial charge in [0.05, 0.1) is 24.3 Å². The number of anilines is 1. The maximum atomic E-state index is 13.1. The molecule has 1 N–H and O–H groups in total. The lowest BCUT2D eigenvalue weighted by atomic mass is 10.1. The van der Waals surface area contributed by atoms with Gasteiger partial charge in [-0.1, -0.05) is 18.5 Å². The number of halogens is 4. The van der Waals surface area contributed by atoms with Gasteiger partial charge in [0.1, 0.15) is 5.75 Å². The van der Waals surface area contributed by atoms with Gasteiger partial charge in [0, 0.05) is 17.0 Å². The zero-order valence-electron chi connectivity index (χ0n) is 17.1. The molecule has 0 heterocycles. The highest BCUT2D eigenvalue weighted by atomic mass is 35.5. The summed E-state index contributed by atoms with van der Waals surface area (Å²) in [5, 5.41) is 1.89. The lowest BCUT2D eigenvalue weighted by Gasteiger charge is -2.14. The predicted octanol–water partition coefficient (Wildman–Crippen LogP) is 5.29. The SMILES string of the molecule is CCCOc1ccc(C(=O)CCC(=O)OCC(=O)Nc2ccc(Cl)cc2C(F)(F)F)cc1. The fourth-order valence-corrected chi connectivity index (χ4v) is 2.75. The highest BCUT2D eigenvalue weighted by molar-refractivity contribution is 6.30. The van der Waals surface area contributed by atoms with E-state index in [0.717, 1.165) is 12.5 Å². The first-order chi connectivity index (χ1) is 15.1. The van der Waals surface area contributed by atoms with E-state index >= 15 is 0 Å². The molecule has 1 amide bonds. The maximum Gasteiger partial charge on any atom is 0.418 e. The first-order valence-electron chi connectivity index (χ1n) is 9.68. The molecule has 172 valence electrons. The van der Waals surface area contributed by atoms with E-state index in [4.69, 9.17) is 21.1 Å². The highest BCUT2D eigenvalue weighted by Gasteiger charge is 2.34. The number of hydrogen-bond acceptors (Lipinski definition) is 5. The van der Waals surface area contributed by atoms with Crippen molar-refractivity contribution in [2.45, 2.75) is 32.4 Å². The molecular formula is C22H21ClF3NO5. The summed E-state index contributed by atoms with van der Waals surface area (Å²) in [6.07, 6.45) is -4.31. The van der Waals surface area contributed by atoms with Crippen LogP contribution in [0.1, 0.15) is 42.1 Å². The van der Waals surface area contributed by atoms with Gasteiger partial charge >= 0.3 is 12.1 Å². The fraction of sp³-hybridized carbons (Fsp3) is 0.318. The molecule has 6 nitrogen and oxygen atoms in total. The molecule has 0 aliphatic heterocycles. The number of carbonyl (C=O) groups excluding carboxylic acids is 3. The molecule has 2 rings (SSSR count). The van der Waals surface area contributed by atoms with Crippen molar-refractivity contribution in [2.24, 2.45) is 0 Å². The van der Waals surface area contributed by atoms with Gasteiger partial charge in [-0.25, -0.2) is 0 Å². The average Bonchev–Trinajstić information content (AvgIpc) is 2.75. The Morgan fingerprint density at radius 1 is 1.03 bits per heavy atom. The summed E-state index contributed by atoms with van der Waals surface area (Å²) in [5.74, 6) is -1.46. The molecule has 0 radical (unpaired) electrons. The van der Waals surface area contributed by atoms with Crippen molar-refractivity contribution in [1.29, 1.82) is 0 Å². The second-order valence-electron chi connectivity index (χ2n) is 6.69. The fourth-order valence-electron chi connectivity index (χ4n) is 2.58. The number of Topliss-reactive ketones (excluding diaryl/α,β-unsaturated/α-hetero) is 1. The molecule has 0 aliphatic rings. The van der Waals surface area contributed by atoms with Gasteiger partial charge in [-0.3, -0.25) is 14.4 Å². The molecule has 10 heteroatoms. The van der Waals surface area contributed by atoms with Gasteiger partial charge in [0.25, 0.3) is 5.91 Å². The molecule has 0 saturated heterocycles. The van der Waals surface area contributed by atoms with E-state index in [2.05, 4.69) is 0 Å². The molecule has 32 heavy (non-hydrogen) atoms. The number of ketones is 1. The Labute approximate surface area is 187 Å². The van der Waals surface area contributed by atoms with Crippen molar-refractivity contribution >= 4 is 34.9 Å². The number of nitrogens with one attached hydrogen (secondary N) is 1. The molecule has 0 spiro atoms. The molecule has 0 aliphatic carbocycles. The van der Waals surface area contributed by atoms with E-state index in [0.29, 0.717) is 24.0 Å². The summed E-state index contributed by atoms with van der Waals surface area (Å²) in [6, 6.07) is 9.33. The summed E-state index contributed by atoms with van der Waals surface area (Å²) in [5.41, 5.74) is -1.24. The highest BCUT2D eigenvalue weighted by Crippen LogP contribution is 2.36. The number of alkyl halides is 3. The van der Waals surface area contributed by atoms with Crippen LogP contribution in [-0.2, 0) is 20.5 Å². The minimum atomic E-state index is -4.73. The van der Waals surface area contributed by atoms with Crippen LogP contribution in [0.15, 0.2) is 42.5 Å². The molecule has 2 aromatic carbocycles. The molecule has 0 atom stereocenters. The van der Waals surface area contributed by atoms with Crippen LogP contribution in [0.3, 0.4) is 0 Å². The number of carbonyl (C=O) groups is 3. The monoisotopic (exact) mass is 471 g/mol. The Hall–Kier alpha value is -3.07. The smallest absolute Gasteiger partial charge is 0.418 e. The first-order valence-corrected chi connectivity index (χ1v) is 10.1. The van der Waals surface area contributed by atoms with Crippen molar-refractivity contribution in [1.82, 2.24) is 0 Å². The summed E-state index contributed by atoms with van der Waals surface area (Å²) in [7, 11) is 0. The van der Waals surface area contributed by atoms with Crippen LogP contribution in [0.25, 0.3) is 0 Å². The summed E-state index contributed by atoms with van der Waals surface area (Å²) in [6.45, 7) is 1.73. The first kappa shape index (κ1) is 25.2. The summed E-state index contributed by atoms with van der Waals surface area (Å²) in [4.78, 5) is 35.9. The molecule has 0 saturated carbocycles. The van der Waals surface area contributed by atoms with Crippen LogP contribution in [0, 0.1) is 0 Å². The molecular weight excluding hydrogens is 451 g/mol. The number of rotatable bonds is 10. The van der Waals surface area contributed by atoms with Crippen LogP contribution in [0.2, 0.25) is 5.02 Å². The van der Waals surface area contributed by atoms with Crippen LogP contribution in [-0.4, -0.2) is 30.9 Å². The standard InChI is InChI=1S/C22H21ClF3NO5/c1-2-11-31-16-6-3-14(4-7-16)19(28)9-10-21(30)32-13-20(29)27-18-8-5-15(23)12-17(18)22(24,25)26/h3-8,12H,2,9-11,13H2,1H3,(H,27,29). The zero-order chi connectivity index (χ0) is 23.7. The number of ether oxygens (including phenoxy) is 2. The van der Waals surface area contributed by atoms with Crippen LogP contribution in [0.5, 0.6) is 5.75 Å². The van der Waals surface area contributed by atoms with Gasteiger partial charge in [-0.05, 0) is 48.9 Å². The van der Waals surface area contributed by atoms with E-state index in [1.54, 1.807) is 24.3 Å². The van der Waals surface area contributed by atoms with Gasteiger partial charge in [-0.2, -0.15) is 13.2 Å². The van der Waals surface area contributed by atoms with Crippen molar-refractivity contribution in [2.75, 3.05) is 18.5 Å². The van der Waals surface area contributed by atoms with E-state index in [1.807, 2.05) is 12.2 Å².